The Morgan fingerprint density at radius 1 is 1.25 bits per heavy atom. The Morgan fingerprint density at radius 2 is 1.85 bits per heavy atom. The van der Waals surface area contributed by atoms with Crippen LogP contribution in [0.25, 0.3) is 0 Å². The highest BCUT2D eigenvalue weighted by molar-refractivity contribution is 9.10. The third-order valence-corrected chi connectivity index (χ3v) is 3.75. The SMILES string of the molecule is Cl.Oc1ccc([C@H](N2CCNCC2)C(F)(F)F)cc1Br. The number of nitrogens with one attached hydrogen (secondary N) is 1. The van der Waals surface area contributed by atoms with E-state index in [0.29, 0.717) is 26.2 Å². The van der Waals surface area contributed by atoms with E-state index in [-0.39, 0.29) is 28.2 Å². The standard InChI is InChI=1S/C12H14BrF3N2O.ClH/c13-9-7-8(1-2-10(9)19)11(12(14,15)16)18-5-3-17-4-6-18;/h1-2,7,11,17,19H,3-6H2;1H/t11-;/m0./s1. The van der Waals surface area contributed by atoms with Gasteiger partial charge in [-0.1, -0.05) is 6.07 Å². The summed E-state index contributed by atoms with van der Waals surface area (Å²) in [4.78, 5) is 1.41. The topological polar surface area (TPSA) is 35.5 Å². The van der Waals surface area contributed by atoms with Crippen molar-refractivity contribution in [1.82, 2.24) is 10.2 Å². The van der Waals surface area contributed by atoms with Gasteiger partial charge in [-0.25, -0.2) is 0 Å². The van der Waals surface area contributed by atoms with E-state index in [1.807, 2.05) is 0 Å². The second-order valence-corrected chi connectivity index (χ2v) is 5.30. The van der Waals surface area contributed by atoms with E-state index in [4.69, 9.17) is 0 Å². The van der Waals surface area contributed by atoms with Gasteiger partial charge < -0.3 is 10.4 Å². The first kappa shape index (κ1) is 17.6. The molecule has 2 rings (SSSR count). The Morgan fingerprint density at radius 3 is 2.35 bits per heavy atom. The number of benzene rings is 1. The van der Waals surface area contributed by atoms with E-state index < -0.39 is 12.2 Å². The van der Waals surface area contributed by atoms with Gasteiger partial charge in [0.1, 0.15) is 11.8 Å². The van der Waals surface area contributed by atoms with Crippen LogP contribution in [0.3, 0.4) is 0 Å². The van der Waals surface area contributed by atoms with Crippen LogP contribution in [0.1, 0.15) is 11.6 Å². The molecule has 1 saturated heterocycles. The predicted octanol–water partition coefficient (Wildman–Crippen LogP) is 3.09. The third-order valence-electron chi connectivity index (χ3n) is 3.11. The van der Waals surface area contributed by atoms with E-state index in [9.17, 15) is 18.3 Å². The average molecular weight is 376 g/mol. The number of halogens is 5. The van der Waals surface area contributed by atoms with Crippen LogP contribution in [0.5, 0.6) is 5.75 Å². The van der Waals surface area contributed by atoms with Gasteiger partial charge in [0, 0.05) is 26.2 Å². The largest absolute Gasteiger partial charge is 0.507 e. The van der Waals surface area contributed by atoms with Crippen LogP contribution in [0.15, 0.2) is 22.7 Å². The number of phenols is 1. The van der Waals surface area contributed by atoms with Gasteiger partial charge in [0.15, 0.2) is 0 Å². The predicted molar refractivity (Wildman–Crippen MR) is 76.3 cm³/mol. The lowest BCUT2D eigenvalue weighted by molar-refractivity contribution is -0.187. The summed E-state index contributed by atoms with van der Waals surface area (Å²) in [5.74, 6) is -0.0648. The molecule has 0 spiro atoms. The van der Waals surface area contributed by atoms with Crippen molar-refractivity contribution in [2.24, 2.45) is 0 Å². The van der Waals surface area contributed by atoms with Crippen molar-refractivity contribution in [2.45, 2.75) is 12.2 Å². The first-order valence-electron chi connectivity index (χ1n) is 5.89. The molecular weight excluding hydrogens is 360 g/mol. The molecule has 1 heterocycles. The molecule has 1 aliphatic heterocycles. The maximum atomic E-state index is 13.3. The number of nitrogens with zero attached hydrogens (tertiary/aromatic N) is 1. The zero-order valence-corrected chi connectivity index (χ0v) is 12.9. The first-order chi connectivity index (χ1) is 8.89. The summed E-state index contributed by atoms with van der Waals surface area (Å²) in [6.07, 6.45) is -4.34. The zero-order chi connectivity index (χ0) is 14.0. The minimum absolute atomic E-state index is 0. The average Bonchev–Trinajstić information content (AvgIpc) is 2.34. The zero-order valence-electron chi connectivity index (χ0n) is 10.5. The van der Waals surface area contributed by atoms with Gasteiger partial charge in [-0.05, 0) is 33.6 Å². The van der Waals surface area contributed by atoms with Crippen LogP contribution in [-0.4, -0.2) is 42.4 Å². The molecule has 8 heteroatoms. The molecule has 2 N–H and O–H groups in total. The molecule has 1 aliphatic rings. The normalized spacial score (nSPS) is 18.4. The Labute approximate surface area is 129 Å². The fourth-order valence-corrected chi connectivity index (χ4v) is 2.64. The molecule has 0 aromatic heterocycles. The van der Waals surface area contributed by atoms with Gasteiger partial charge >= 0.3 is 6.18 Å². The number of hydrogen-bond acceptors (Lipinski definition) is 3. The summed E-state index contributed by atoms with van der Waals surface area (Å²) >= 11 is 3.06. The Bertz CT molecular complexity index is 453. The second-order valence-electron chi connectivity index (χ2n) is 4.44. The Balaban J connectivity index is 0.00000200. The molecule has 1 atom stereocenters. The van der Waals surface area contributed by atoms with E-state index in [2.05, 4.69) is 21.2 Å². The minimum atomic E-state index is -4.34. The highest BCUT2D eigenvalue weighted by Crippen LogP contribution is 2.39. The summed E-state index contributed by atoms with van der Waals surface area (Å²) < 4.78 is 40.1. The number of phenolic OH excluding ortho intramolecular Hbond substituents is 1. The van der Waals surface area contributed by atoms with Gasteiger partial charge in [-0.15, -0.1) is 12.4 Å². The Hall–Kier alpha value is -0.500. The molecule has 0 amide bonds. The summed E-state index contributed by atoms with van der Waals surface area (Å²) in [6, 6.07) is 2.29. The number of rotatable bonds is 2. The summed E-state index contributed by atoms with van der Waals surface area (Å²) in [5.41, 5.74) is 0.138. The van der Waals surface area contributed by atoms with Gasteiger partial charge in [0.05, 0.1) is 4.47 Å². The molecule has 1 aromatic carbocycles. The maximum absolute atomic E-state index is 13.3. The molecule has 0 radical (unpaired) electrons. The number of piperazine rings is 1. The third kappa shape index (κ3) is 4.00. The van der Waals surface area contributed by atoms with E-state index >= 15 is 0 Å². The molecule has 1 aromatic rings. The summed E-state index contributed by atoms with van der Waals surface area (Å²) in [5, 5.41) is 12.4. The second kappa shape index (κ2) is 6.98. The van der Waals surface area contributed by atoms with Crippen molar-refractivity contribution in [3.8, 4) is 5.75 Å². The first-order valence-corrected chi connectivity index (χ1v) is 6.69. The van der Waals surface area contributed by atoms with E-state index in [1.54, 1.807) is 0 Å². The highest BCUT2D eigenvalue weighted by Gasteiger charge is 2.44. The Kier molecular flexibility index (Phi) is 6.12. The van der Waals surface area contributed by atoms with Crippen molar-refractivity contribution in [2.75, 3.05) is 26.2 Å². The van der Waals surface area contributed by atoms with Crippen molar-refractivity contribution in [3.05, 3.63) is 28.2 Å². The molecule has 20 heavy (non-hydrogen) atoms. The van der Waals surface area contributed by atoms with Crippen molar-refractivity contribution in [1.29, 1.82) is 0 Å². The van der Waals surface area contributed by atoms with E-state index in [0.717, 1.165) is 0 Å². The van der Waals surface area contributed by atoms with Crippen molar-refractivity contribution in [3.63, 3.8) is 0 Å². The summed E-state index contributed by atoms with van der Waals surface area (Å²) in [7, 11) is 0. The molecule has 0 saturated carbocycles. The monoisotopic (exact) mass is 374 g/mol. The number of hydrogen-bond donors (Lipinski definition) is 2. The molecule has 0 bridgehead atoms. The van der Waals surface area contributed by atoms with Crippen molar-refractivity contribution < 1.29 is 18.3 Å². The maximum Gasteiger partial charge on any atom is 0.408 e. The molecule has 3 nitrogen and oxygen atoms in total. The van der Waals surface area contributed by atoms with Gasteiger partial charge in [0.25, 0.3) is 0 Å². The van der Waals surface area contributed by atoms with E-state index in [1.165, 1.54) is 23.1 Å². The highest BCUT2D eigenvalue weighted by atomic mass is 79.9. The lowest BCUT2D eigenvalue weighted by Crippen LogP contribution is -2.49. The number of aromatic hydroxyl groups is 1. The molecular formula is C12H15BrClF3N2O. The number of alkyl halides is 3. The molecule has 0 aliphatic carbocycles. The fourth-order valence-electron chi connectivity index (χ4n) is 2.24. The smallest absolute Gasteiger partial charge is 0.408 e. The van der Waals surface area contributed by atoms with Crippen LogP contribution in [0, 0.1) is 0 Å². The van der Waals surface area contributed by atoms with Crippen LogP contribution >= 0.6 is 28.3 Å². The van der Waals surface area contributed by atoms with Crippen LogP contribution < -0.4 is 5.32 Å². The molecule has 1 fully saturated rings. The van der Waals surface area contributed by atoms with Gasteiger partial charge in [-0.3, -0.25) is 4.90 Å². The van der Waals surface area contributed by atoms with Crippen LogP contribution in [0.4, 0.5) is 13.2 Å². The van der Waals surface area contributed by atoms with Crippen LogP contribution in [-0.2, 0) is 0 Å². The fraction of sp³-hybridized carbons (Fsp3) is 0.500. The molecule has 114 valence electrons. The van der Waals surface area contributed by atoms with Gasteiger partial charge in [-0.2, -0.15) is 13.2 Å². The quantitative estimate of drug-likeness (QED) is 0.834. The minimum Gasteiger partial charge on any atom is -0.507 e. The van der Waals surface area contributed by atoms with Crippen molar-refractivity contribution >= 4 is 28.3 Å². The summed E-state index contributed by atoms with van der Waals surface area (Å²) in [6.45, 7) is 1.79. The molecule has 0 unspecified atom stereocenters. The lowest BCUT2D eigenvalue weighted by Gasteiger charge is -2.36. The van der Waals surface area contributed by atoms with Gasteiger partial charge in [0.2, 0.25) is 0 Å². The van der Waals surface area contributed by atoms with Crippen LogP contribution in [0.2, 0.25) is 0 Å². The lowest BCUT2D eigenvalue weighted by atomic mass is 10.0.